The van der Waals surface area contributed by atoms with Crippen LogP contribution in [0.15, 0.2) is 48.5 Å². The summed E-state index contributed by atoms with van der Waals surface area (Å²) in [5, 5.41) is 6.06. The number of hydrogen-bond donors (Lipinski definition) is 2. The van der Waals surface area contributed by atoms with Crippen LogP contribution in [0.1, 0.15) is 36.8 Å². The average Bonchev–Trinajstić information content (AvgIpc) is 2.65. The van der Waals surface area contributed by atoms with Crippen molar-refractivity contribution in [3.05, 3.63) is 59.7 Å². The van der Waals surface area contributed by atoms with Crippen molar-refractivity contribution in [2.24, 2.45) is 11.8 Å². The van der Waals surface area contributed by atoms with Gasteiger partial charge in [-0.3, -0.25) is 9.59 Å². The van der Waals surface area contributed by atoms with E-state index in [0.717, 1.165) is 48.2 Å². The van der Waals surface area contributed by atoms with Crippen LogP contribution < -0.4 is 10.6 Å². The highest BCUT2D eigenvalue weighted by Crippen LogP contribution is 2.31. The third-order valence-electron chi connectivity index (χ3n) is 5.24. The molecule has 0 atom stereocenters. The summed E-state index contributed by atoms with van der Waals surface area (Å²) in [7, 11) is 0. The molecule has 0 bridgehead atoms. The smallest absolute Gasteiger partial charge is 0.227 e. The molecule has 2 aromatic carbocycles. The Balaban J connectivity index is 1.53. The first-order valence-corrected chi connectivity index (χ1v) is 9.27. The highest BCUT2D eigenvalue weighted by Gasteiger charge is 2.30. The number of benzene rings is 2. The molecule has 0 spiro atoms. The van der Waals surface area contributed by atoms with Crippen LogP contribution in [-0.2, 0) is 9.59 Å². The van der Waals surface area contributed by atoms with Gasteiger partial charge in [0.05, 0.1) is 0 Å². The van der Waals surface area contributed by atoms with Crippen molar-refractivity contribution < 1.29 is 9.59 Å². The van der Waals surface area contributed by atoms with Crippen LogP contribution >= 0.6 is 0 Å². The fraction of sp³-hybridized carbons (Fsp3) is 0.364. The molecule has 136 valence electrons. The van der Waals surface area contributed by atoms with Gasteiger partial charge in [0.25, 0.3) is 0 Å². The Bertz CT molecular complexity index is 758. The zero-order chi connectivity index (χ0) is 18.5. The third-order valence-corrected chi connectivity index (χ3v) is 5.24. The minimum Gasteiger partial charge on any atom is -0.326 e. The number of carbonyl (C=O) groups is 2. The summed E-state index contributed by atoms with van der Waals surface area (Å²) < 4.78 is 0. The Kier molecular flexibility index (Phi) is 5.71. The summed E-state index contributed by atoms with van der Waals surface area (Å²) in [6.07, 6.45) is 3.01. The lowest BCUT2D eigenvalue weighted by atomic mass is 9.81. The van der Waals surface area contributed by atoms with E-state index in [1.54, 1.807) is 0 Å². The molecule has 2 aromatic rings. The Labute approximate surface area is 155 Å². The van der Waals surface area contributed by atoms with Gasteiger partial charge in [0.15, 0.2) is 0 Å². The van der Waals surface area contributed by atoms with E-state index < -0.39 is 0 Å². The standard InChI is InChI=1S/C22H26N2O2/c1-15-7-6-8-16(2)20(15)24-22(26)18-13-11-17(12-14-18)21(25)23-19-9-4-3-5-10-19/h3-10,17-18H,11-14H2,1-2H3,(H,23,25)(H,24,26). The van der Waals surface area contributed by atoms with E-state index in [2.05, 4.69) is 10.6 Å². The second-order valence-electron chi connectivity index (χ2n) is 7.16. The van der Waals surface area contributed by atoms with Crippen molar-refractivity contribution in [2.75, 3.05) is 10.6 Å². The van der Waals surface area contributed by atoms with Crippen LogP contribution in [0.2, 0.25) is 0 Å². The molecule has 3 rings (SSSR count). The first-order chi connectivity index (χ1) is 12.5. The summed E-state index contributed by atoms with van der Waals surface area (Å²) in [5.74, 6) is 0.100. The van der Waals surface area contributed by atoms with Gasteiger partial charge in [-0.2, -0.15) is 0 Å². The lowest BCUT2D eigenvalue weighted by Crippen LogP contribution is -2.32. The molecule has 0 saturated heterocycles. The topological polar surface area (TPSA) is 58.2 Å². The van der Waals surface area contributed by atoms with Gasteiger partial charge in [0, 0.05) is 23.2 Å². The molecule has 2 N–H and O–H groups in total. The van der Waals surface area contributed by atoms with Crippen molar-refractivity contribution in [1.82, 2.24) is 0 Å². The van der Waals surface area contributed by atoms with Gasteiger partial charge in [0.2, 0.25) is 11.8 Å². The van der Waals surface area contributed by atoms with Crippen LogP contribution in [0.3, 0.4) is 0 Å². The molecule has 4 nitrogen and oxygen atoms in total. The van der Waals surface area contributed by atoms with Crippen molar-refractivity contribution in [2.45, 2.75) is 39.5 Å². The predicted molar refractivity (Wildman–Crippen MR) is 105 cm³/mol. The quantitative estimate of drug-likeness (QED) is 0.840. The van der Waals surface area contributed by atoms with Crippen LogP contribution in [0.25, 0.3) is 0 Å². The van der Waals surface area contributed by atoms with Crippen LogP contribution in [0.5, 0.6) is 0 Å². The van der Waals surface area contributed by atoms with E-state index in [1.165, 1.54) is 0 Å². The molecule has 0 aromatic heterocycles. The largest absolute Gasteiger partial charge is 0.326 e. The van der Waals surface area contributed by atoms with Crippen molar-refractivity contribution in [3.8, 4) is 0 Å². The Morgan fingerprint density at radius 1 is 0.731 bits per heavy atom. The molecule has 26 heavy (non-hydrogen) atoms. The summed E-state index contributed by atoms with van der Waals surface area (Å²) in [5.41, 5.74) is 3.90. The maximum absolute atomic E-state index is 12.6. The summed E-state index contributed by atoms with van der Waals surface area (Å²) in [6.45, 7) is 4.01. The molecule has 1 saturated carbocycles. The van der Waals surface area contributed by atoms with Crippen molar-refractivity contribution in [1.29, 1.82) is 0 Å². The number of amides is 2. The molecule has 0 heterocycles. The van der Waals surface area contributed by atoms with Crippen LogP contribution in [-0.4, -0.2) is 11.8 Å². The summed E-state index contributed by atoms with van der Waals surface area (Å²) >= 11 is 0. The molecule has 1 aliphatic rings. The summed E-state index contributed by atoms with van der Waals surface area (Å²) in [4.78, 5) is 25.0. The number of nitrogens with one attached hydrogen (secondary N) is 2. The number of rotatable bonds is 4. The lowest BCUT2D eigenvalue weighted by molar-refractivity contribution is -0.125. The van der Waals surface area contributed by atoms with E-state index in [0.29, 0.717) is 0 Å². The Morgan fingerprint density at radius 2 is 1.23 bits per heavy atom. The van der Waals surface area contributed by atoms with Gasteiger partial charge < -0.3 is 10.6 Å². The molecule has 0 aliphatic heterocycles. The molecule has 0 radical (unpaired) electrons. The molecule has 4 heteroatoms. The fourth-order valence-corrected chi connectivity index (χ4v) is 3.62. The highest BCUT2D eigenvalue weighted by molar-refractivity contribution is 5.95. The predicted octanol–water partition coefficient (Wildman–Crippen LogP) is 4.69. The third kappa shape index (κ3) is 4.31. The first-order valence-electron chi connectivity index (χ1n) is 9.27. The van der Waals surface area contributed by atoms with Gasteiger partial charge >= 0.3 is 0 Å². The zero-order valence-corrected chi connectivity index (χ0v) is 15.4. The van der Waals surface area contributed by atoms with E-state index in [1.807, 2.05) is 62.4 Å². The van der Waals surface area contributed by atoms with E-state index in [9.17, 15) is 9.59 Å². The van der Waals surface area contributed by atoms with Crippen molar-refractivity contribution >= 4 is 23.2 Å². The molecule has 1 aliphatic carbocycles. The number of hydrogen-bond acceptors (Lipinski definition) is 2. The molecule has 1 fully saturated rings. The second-order valence-corrected chi connectivity index (χ2v) is 7.16. The van der Waals surface area contributed by atoms with Gasteiger partial charge in [-0.25, -0.2) is 0 Å². The minimum absolute atomic E-state index is 0.0144. The molecule has 2 amide bonds. The van der Waals surface area contributed by atoms with E-state index in [-0.39, 0.29) is 23.7 Å². The average molecular weight is 350 g/mol. The minimum atomic E-state index is -0.0187. The Hall–Kier alpha value is -2.62. The maximum Gasteiger partial charge on any atom is 0.227 e. The van der Waals surface area contributed by atoms with Crippen LogP contribution in [0, 0.1) is 25.7 Å². The fourth-order valence-electron chi connectivity index (χ4n) is 3.62. The van der Waals surface area contributed by atoms with E-state index >= 15 is 0 Å². The number of para-hydroxylation sites is 2. The van der Waals surface area contributed by atoms with Gasteiger partial charge in [0.1, 0.15) is 0 Å². The number of carbonyl (C=O) groups excluding carboxylic acids is 2. The molecular weight excluding hydrogens is 324 g/mol. The second kappa shape index (κ2) is 8.17. The normalized spacial score (nSPS) is 19.6. The monoisotopic (exact) mass is 350 g/mol. The number of anilines is 2. The van der Waals surface area contributed by atoms with Crippen LogP contribution in [0.4, 0.5) is 11.4 Å². The number of aryl methyl sites for hydroxylation is 2. The van der Waals surface area contributed by atoms with Gasteiger partial charge in [-0.05, 0) is 62.8 Å². The lowest BCUT2D eigenvalue weighted by Gasteiger charge is -2.27. The van der Waals surface area contributed by atoms with Gasteiger partial charge in [-0.15, -0.1) is 0 Å². The SMILES string of the molecule is Cc1cccc(C)c1NC(=O)C1CCC(C(=O)Nc2ccccc2)CC1. The van der Waals surface area contributed by atoms with E-state index in [4.69, 9.17) is 0 Å². The highest BCUT2D eigenvalue weighted by atomic mass is 16.2. The molecule has 0 unspecified atom stereocenters. The summed E-state index contributed by atoms with van der Waals surface area (Å²) in [6, 6.07) is 15.5. The zero-order valence-electron chi connectivity index (χ0n) is 15.4. The maximum atomic E-state index is 12.6. The van der Waals surface area contributed by atoms with Crippen molar-refractivity contribution in [3.63, 3.8) is 0 Å². The molecular formula is C22H26N2O2. The Morgan fingerprint density at radius 3 is 1.77 bits per heavy atom. The van der Waals surface area contributed by atoms with Gasteiger partial charge in [-0.1, -0.05) is 36.4 Å². The first kappa shape index (κ1) is 18.2.